The normalized spacial score (nSPS) is 16.3. The van der Waals surface area contributed by atoms with Crippen LogP contribution < -0.4 is 5.32 Å². The highest BCUT2D eigenvalue weighted by molar-refractivity contribution is 7.09. The van der Waals surface area contributed by atoms with Gasteiger partial charge in [-0.05, 0) is 31.1 Å². The summed E-state index contributed by atoms with van der Waals surface area (Å²) < 4.78 is 44.4. The number of halogens is 3. The molecule has 2 aromatic rings. The maximum atomic E-state index is 13.2. The fourth-order valence-electron chi connectivity index (χ4n) is 5.12. The number of carboxylic acid groups (broad SMARTS) is 1. The van der Waals surface area contributed by atoms with Crippen LogP contribution in [0.4, 0.5) is 13.2 Å². The molecule has 45 heavy (non-hydrogen) atoms. The molecular weight excluding hydrogens is 615 g/mol. The van der Waals surface area contributed by atoms with Crippen molar-refractivity contribution >= 4 is 35.1 Å². The zero-order valence-electron chi connectivity index (χ0n) is 26.0. The van der Waals surface area contributed by atoms with E-state index in [0.29, 0.717) is 29.7 Å². The van der Waals surface area contributed by atoms with Gasteiger partial charge in [0.05, 0.1) is 11.5 Å². The summed E-state index contributed by atoms with van der Waals surface area (Å²) in [5, 5.41) is 13.9. The Balaban J connectivity index is 1.77. The Hall–Kier alpha value is -3.62. The van der Waals surface area contributed by atoms with Crippen LogP contribution in [0, 0.1) is 17.8 Å². The molecule has 0 radical (unpaired) electrons. The van der Waals surface area contributed by atoms with Gasteiger partial charge in [0.15, 0.2) is 6.10 Å². The molecule has 1 aliphatic rings. The number of aliphatic carboxylic acids is 1. The molecule has 1 saturated carbocycles. The Morgan fingerprint density at radius 1 is 1.13 bits per heavy atom. The fraction of sp³-hybridized carbons (Fsp3) is 0.633. The summed E-state index contributed by atoms with van der Waals surface area (Å²) in [5.41, 5.74) is -1.04. The Morgan fingerprint density at radius 2 is 1.78 bits per heavy atom. The Morgan fingerprint density at radius 3 is 2.29 bits per heavy atom. The van der Waals surface area contributed by atoms with Crippen LogP contribution in [0.25, 0.3) is 0 Å². The number of carbonyl (C=O) groups excluding carboxylic acids is 3. The van der Waals surface area contributed by atoms with Gasteiger partial charge in [-0.2, -0.15) is 13.2 Å². The lowest BCUT2D eigenvalue weighted by Gasteiger charge is -2.35. The van der Waals surface area contributed by atoms with Crippen molar-refractivity contribution in [2.75, 3.05) is 7.05 Å². The molecule has 15 heteroatoms. The SMILES string of the molecule is CC(=O)OC(CC(C(C)C)N(C)C(=O)CC1CCC1)c1nc(C(=O)N[C@@H](Cc2ncc(C(F)(F)F)cn2)CC(C)C(=O)O)cs1. The molecule has 0 spiro atoms. The minimum atomic E-state index is -4.62. The van der Waals surface area contributed by atoms with Crippen molar-refractivity contribution < 1.29 is 42.2 Å². The molecule has 2 aromatic heterocycles. The van der Waals surface area contributed by atoms with Crippen molar-refractivity contribution in [3.63, 3.8) is 0 Å². The number of carbonyl (C=O) groups is 4. The molecule has 1 fully saturated rings. The standard InChI is InChI=1S/C30H40F3N5O6S/c1-16(2)23(38(5)26(40)10-19-7-6-8-19)12-24(44-18(4)39)28-37-22(15-45-28)27(41)36-21(9-17(3)29(42)43)11-25-34-13-20(14-35-25)30(31,32)33/h13-17,19,21,23-24H,6-12H2,1-5H3,(H,36,41)(H,42,43)/t17?,21-,23?,24?/m1/s1. The molecule has 11 nitrogen and oxygen atoms in total. The molecule has 1 aliphatic carbocycles. The number of hydrogen-bond acceptors (Lipinski definition) is 9. The van der Waals surface area contributed by atoms with E-state index in [9.17, 15) is 37.5 Å². The van der Waals surface area contributed by atoms with Crippen LogP contribution in [0.3, 0.4) is 0 Å². The smallest absolute Gasteiger partial charge is 0.419 e. The maximum absolute atomic E-state index is 13.2. The highest BCUT2D eigenvalue weighted by Gasteiger charge is 2.33. The van der Waals surface area contributed by atoms with Crippen molar-refractivity contribution in [2.45, 2.75) is 97.0 Å². The van der Waals surface area contributed by atoms with Gasteiger partial charge in [0.2, 0.25) is 5.91 Å². The average molecular weight is 656 g/mol. The van der Waals surface area contributed by atoms with E-state index in [2.05, 4.69) is 20.3 Å². The van der Waals surface area contributed by atoms with Crippen molar-refractivity contribution in [3.05, 3.63) is 39.9 Å². The number of carboxylic acids is 1. The second-order valence-corrected chi connectivity index (χ2v) is 12.8. The molecule has 248 valence electrons. The van der Waals surface area contributed by atoms with Crippen LogP contribution in [0.15, 0.2) is 17.8 Å². The highest BCUT2D eigenvalue weighted by Crippen LogP contribution is 2.33. The summed E-state index contributed by atoms with van der Waals surface area (Å²) in [5.74, 6) is -2.75. The van der Waals surface area contributed by atoms with Gasteiger partial charge in [0.25, 0.3) is 5.91 Å². The third kappa shape index (κ3) is 10.5. The van der Waals surface area contributed by atoms with Gasteiger partial charge in [0.1, 0.15) is 16.5 Å². The molecule has 0 saturated heterocycles. The van der Waals surface area contributed by atoms with Gasteiger partial charge in [-0.3, -0.25) is 19.2 Å². The lowest BCUT2D eigenvalue weighted by Crippen LogP contribution is -2.42. The molecule has 2 amide bonds. The van der Waals surface area contributed by atoms with Gasteiger partial charge in [-0.25, -0.2) is 15.0 Å². The van der Waals surface area contributed by atoms with E-state index < -0.39 is 47.6 Å². The van der Waals surface area contributed by atoms with Gasteiger partial charge < -0.3 is 20.1 Å². The molecular formula is C30H40F3N5O6S. The van der Waals surface area contributed by atoms with Crippen LogP contribution in [0.1, 0.15) is 99.2 Å². The fourth-order valence-corrected chi connectivity index (χ4v) is 5.96. The van der Waals surface area contributed by atoms with Crippen molar-refractivity contribution in [2.24, 2.45) is 17.8 Å². The molecule has 3 unspecified atom stereocenters. The zero-order chi connectivity index (χ0) is 33.5. The van der Waals surface area contributed by atoms with Gasteiger partial charge in [-0.1, -0.05) is 27.2 Å². The number of ether oxygens (including phenoxy) is 1. The highest BCUT2D eigenvalue weighted by atomic mass is 32.1. The molecule has 0 aliphatic heterocycles. The first-order valence-corrected chi connectivity index (χ1v) is 15.7. The summed E-state index contributed by atoms with van der Waals surface area (Å²) in [6, 6.07) is -1.11. The van der Waals surface area contributed by atoms with Crippen molar-refractivity contribution in [1.29, 1.82) is 0 Å². The number of amides is 2. The number of hydrogen-bond donors (Lipinski definition) is 2. The van der Waals surface area contributed by atoms with E-state index in [0.717, 1.165) is 30.6 Å². The van der Waals surface area contributed by atoms with Gasteiger partial charge in [-0.15, -0.1) is 11.3 Å². The van der Waals surface area contributed by atoms with Crippen LogP contribution in [-0.2, 0) is 31.7 Å². The van der Waals surface area contributed by atoms with Crippen molar-refractivity contribution in [3.8, 4) is 0 Å². The predicted octanol–water partition coefficient (Wildman–Crippen LogP) is 5.07. The summed E-state index contributed by atoms with van der Waals surface area (Å²) in [7, 11) is 1.75. The Labute approximate surface area is 264 Å². The van der Waals surface area contributed by atoms with E-state index in [1.54, 1.807) is 11.9 Å². The molecule has 2 heterocycles. The van der Waals surface area contributed by atoms with Crippen LogP contribution in [0.5, 0.6) is 0 Å². The Kier molecular flexibility index (Phi) is 12.4. The topological polar surface area (TPSA) is 152 Å². The lowest BCUT2D eigenvalue weighted by atomic mass is 9.82. The first-order chi connectivity index (χ1) is 21.0. The third-order valence-corrected chi connectivity index (χ3v) is 8.94. The molecule has 3 rings (SSSR count). The molecule has 0 aromatic carbocycles. The third-order valence-electron chi connectivity index (χ3n) is 8.00. The Bertz CT molecular complexity index is 1330. The maximum Gasteiger partial charge on any atom is 0.419 e. The number of rotatable bonds is 15. The van der Waals surface area contributed by atoms with Crippen LogP contribution in [-0.4, -0.2) is 67.8 Å². The quantitative estimate of drug-likeness (QED) is 0.251. The van der Waals surface area contributed by atoms with E-state index in [1.165, 1.54) is 19.2 Å². The largest absolute Gasteiger partial charge is 0.481 e. The minimum absolute atomic E-state index is 0.00418. The van der Waals surface area contributed by atoms with Crippen LogP contribution in [0.2, 0.25) is 0 Å². The molecule has 0 bridgehead atoms. The van der Waals surface area contributed by atoms with E-state index in [-0.39, 0.29) is 48.6 Å². The second-order valence-electron chi connectivity index (χ2n) is 12.0. The van der Waals surface area contributed by atoms with E-state index in [4.69, 9.17) is 4.74 Å². The average Bonchev–Trinajstić information content (AvgIpc) is 3.42. The number of thiazole rings is 1. The predicted molar refractivity (Wildman–Crippen MR) is 158 cm³/mol. The lowest BCUT2D eigenvalue weighted by molar-refractivity contribution is -0.148. The van der Waals surface area contributed by atoms with Crippen LogP contribution >= 0.6 is 11.3 Å². The van der Waals surface area contributed by atoms with Gasteiger partial charge >= 0.3 is 18.1 Å². The summed E-state index contributed by atoms with van der Waals surface area (Å²) in [4.78, 5) is 63.4. The first kappa shape index (κ1) is 35.9. The minimum Gasteiger partial charge on any atom is -0.481 e. The number of esters is 1. The summed E-state index contributed by atoms with van der Waals surface area (Å²) in [6.07, 6.45) is -0.400. The van der Waals surface area contributed by atoms with Gasteiger partial charge in [0, 0.05) is 63.1 Å². The second kappa shape index (κ2) is 15.6. The first-order valence-electron chi connectivity index (χ1n) is 14.8. The number of nitrogens with zero attached hydrogens (tertiary/aromatic N) is 4. The zero-order valence-corrected chi connectivity index (χ0v) is 26.8. The molecule has 2 N–H and O–H groups in total. The van der Waals surface area contributed by atoms with Crippen molar-refractivity contribution in [1.82, 2.24) is 25.2 Å². The number of alkyl halides is 3. The van der Waals surface area contributed by atoms with E-state index >= 15 is 0 Å². The summed E-state index contributed by atoms with van der Waals surface area (Å²) in [6.45, 7) is 6.66. The van der Waals surface area contributed by atoms with E-state index in [1.807, 2.05) is 13.8 Å². The number of aromatic nitrogens is 3. The summed E-state index contributed by atoms with van der Waals surface area (Å²) >= 11 is 1.10. The monoisotopic (exact) mass is 655 g/mol. The number of nitrogens with one attached hydrogen (secondary N) is 1. The molecule has 4 atom stereocenters.